The van der Waals surface area contributed by atoms with Crippen LogP contribution in [0, 0.1) is 5.92 Å². The molecule has 2 aromatic carbocycles. The maximum atomic E-state index is 13.3. The minimum absolute atomic E-state index is 0.112. The van der Waals surface area contributed by atoms with Gasteiger partial charge in [-0.3, -0.25) is 9.80 Å². The van der Waals surface area contributed by atoms with Gasteiger partial charge in [-0.25, -0.2) is 9.59 Å². The van der Waals surface area contributed by atoms with Crippen molar-refractivity contribution >= 4 is 17.9 Å². The van der Waals surface area contributed by atoms with Crippen LogP contribution in [0.15, 0.2) is 42.5 Å². The molecule has 0 radical (unpaired) electrons. The molecule has 0 spiro atoms. The summed E-state index contributed by atoms with van der Waals surface area (Å²) >= 11 is 0. The molecule has 8 heteroatoms. The molecule has 35 heavy (non-hydrogen) atoms. The number of hydrogen-bond donors (Lipinski definition) is 1. The summed E-state index contributed by atoms with van der Waals surface area (Å²) in [5, 5.41) is 0. The number of amides is 2. The summed E-state index contributed by atoms with van der Waals surface area (Å²) < 4.78 is 16.7. The maximum absolute atomic E-state index is 13.3. The van der Waals surface area contributed by atoms with Gasteiger partial charge in [-0.2, -0.15) is 0 Å². The van der Waals surface area contributed by atoms with Crippen LogP contribution in [-0.2, 0) is 28.2 Å². The van der Waals surface area contributed by atoms with Gasteiger partial charge in [0.1, 0.15) is 23.6 Å². The lowest BCUT2D eigenvalue weighted by atomic mass is 9.75. The van der Waals surface area contributed by atoms with Gasteiger partial charge in [0.2, 0.25) is 0 Å². The minimum atomic E-state index is -1.08. The fourth-order valence-corrected chi connectivity index (χ4v) is 5.07. The lowest BCUT2D eigenvalue weighted by molar-refractivity contribution is -0.0384. The smallest absolute Gasteiger partial charge is 0.414 e. The summed E-state index contributed by atoms with van der Waals surface area (Å²) in [7, 11) is 3.32. The Morgan fingerprint density at radius 1 is 1.23 bits per heavy atom. The van der Waals surface area contributed by atoms with Crippen LogP contribution in [0.25, 0.3) is 0 Å². The molecular formula is C27H35N3O5. The average molecular weight is 482 g/mol. The Bertz CT molecular complexity index is 1100. The van der Waals surface area contributed by atoms with Crippen molar-refractivity contribution in [1.29, 1.82) is 0 Å². The molecule has 1 fully saturated rings. The number of fused-ring (bicyclic) bond motifs is 1. The normalized spacial score (nSPS) is 22.3. The summed E-state index contributed by atoms with van der Waals surface area (Å²) in [6.45, 7) is 6.27. The van der Waals surface area contributed by atoms with Crippen LogP contribution in [0.4, 0.5) is 15.3 Å². The van der Waals surface area contributed by atoms with Gasteiger partial charge >= 0.3 is 12.2 Å². The fourth-order valence-electron chi connectivity index (χ4n) is 5.07. The van der Waals surface area contributed by atoms with E-state index >= 15 is 0 Å². The molecule has 2 aromatic rings. The molecule has 188 valence electrons. The van der Waals surface area contributed by atoms with Crippen molar-refractivity contribution in [2.24, 2.45) is 11.7 Å². The van der Waals surface area contributed by atoms with Crippen molar-refractivity contribution in [1.82, 2.24) is 4.90 Å². The third kappa shape index (κ3) is 4.80. The molecule has 2 heterocycles. The second-order valence-electron chi connectivity index (χ2n) is 10.3. The predicted molar refractivity (Wildman–Crippen MR) is 133 cm³/mol. The molecule has 0 saturated carbocycles. The molecule has 8 nitrogen and oxygen atoms in total. The zero-order valence-electron chi connectivity index (χ0n) is 21.2. The number of nitrogens with zero attached hydrogens (tertiary/aromatic N) is 2. The zero-order valence-corrected chi connectivity index (χ0v) is 21.2. The summed E-state index contributed by atoms with van der Waals surface area (Å²) in [6, 6.07) is 13.6. The largest absolute Gasteiger partial charge is 0.496 e. The van der Waals surface area contributed by atoms with Crippen LogP contribution in [0.1, 0.15) is 50.3 Å². The second kappa shape index (κ2) is 9.41. The third-order valence-electron chi connectivity index (χ3n) is 6.79. The highest BCUT2D eigenvalue weighted by atomic mass is 16.6. The lowest BCUT2D eigenvalue weighted by Crippen LogP contribution is -2.63. The molecule has 2 amide bonds. The number of methoxy groups -OCH3 is 1. The molecule has 2 aliphatic rings. The van der Waals surface area contributed by atoms with Crippen molar-refractivity contribution in [2.45, 2.75) is 57.9 Å². The van der Waals surface area contributed by atoms with Gasteiger partial charge < -0.3 is 19.9 Å². The fraction of sp³-hybridized carbons (Fsp3) is 0.481. The van der Waals surface area contributed by atoms with E-state index in [1.54, 1.807) is 19.1 Å². The van der Waals surface area contributed by atoms with E-state index in [1.165, 1.54) is 4.90 Å². The van der Waals surface area contributed by atoms with Crippen molar-refractivity contribution in [3.63, 3.8) is 0 Å². The quantitative estimate of drug-likeness (QED) is 0.675. The Hall–Kier alpha value is -3.26. The number of benzene rings is 2. The molecule has 0 aliphatic carbocycles. The lowest BCUT2D eigenvalue weighted by Gasteiger charge is -2.50. The Kier molecular flexibility index (Phi) is 6.68. The van der Waals surface area contributed by atoms with Gasteiger partial charge in [-0.15, -0.1) is 0 Å². The molecule has 4 rings (SSSR count). The van der Waals surface area contributed by atoms with Crippen LogP contribution in [0.5, 0.6) is 5.75 Å². The first-order chi connectivity index (χ1) is 16.5. The van der Waals surface area contributed by atoms with Crippen LogP contribution < -0.4 is 15.4 Å². The van der Waals surface area contributed by atoms with E-state index in [0.717, 1.165) is 35.2 Å². The molecule has 0 aromatic heterocycles. The molecule has 0 bridgehead atoms. The van der Waals surface area contributed by atoms with Crippen LogP contribution in [0.3, 0.4) is 0 Å². The number of nitrogens with two attached hydrogens (primary N) is 1. The minimum Gasteiger partial charge on any atom is -0.496 e. The van der Waals surface area contributed by atoms with Crippen molar-refractivity contribution in [3.05, 3.63) is 59.2 Å². The number of rotatable bonds is 4. The Morgan fingerprint density at radius 3 is 2.60 bits per heavy atom. The van der Waals surface area contributed by atoms with Crippen LogP contribution >= 0.6 is 0 Å². The van der Waals surface area contributed by atoms with E-state index in [2.05, 4.69) is 0 Å². The Balaban J connectivity index is 1.75. The third-order valence-corrected chi connectivity index (χ3v) is 6.79. The van der Waals surface area contributed by atoms with E-state index < -0.39 is 17.4 Å². The van der Waals surface area contributed by atoms with Gasteiger partial charge in [0.25, 0.3) is 0 Å². The van der Waals surface area contributed by atoms with E-state index in [9.17, 15) is 9.59 Å². The first kappa shape index (κ1) is 24.9. The number of carbonyl (C=O) groups excluding carboxylic acids is 2. The first-order valence-electron chi connectivity index (χ1n) is 12.0. The monoisotopic (exact) mass is 481 g/mol. The number of hydrogen-bond acceptors (Lipinski definition) is 6. The van der Waals surface area contributed by atoms with E-state index in [0.29, 0.717) is 18.7 Å². The summed E-state index contributed by atoms with van der Waals surface area (Å²) in [4.78, 5) is 28.6. The SMILES string of the molecule is COc1cc2c(cc1C[C@@H]1CCCN(C(=O)OC(C)(C)C)[C@]1(N)c1ccccc1)N(C)C(=O)OC2. The Labute approximate surface area is 206 Å². The predicted octanol–water partition coefficient (Wildman–Crippen LogP) is 4.78. The second-order valence-corrected chi connectivity index (χ2v) is 10.3. The summed E-state index contributed by atoms with van der Waals surface area (Å²) in [6.07, 6.45) is 1.37. The first-order valence-corrected chi connectivity index (χ1v) is 12.0. The number of ether oxygens (including phenoxy) is 3. The van der Waals surface area contributed by atoms with Crippen molar-refractivity contribution in [2.75, 3.05) is 25.6 Å². The number of cyclic esters (lactones) is 1. The topological polar surface area (TPSA) is 94.3 Å². The van der Waals surface area contributed by atoms with Crippen molar-refractivity contribution < 1.29 is 23.8 Å². The van der Waals surface area contributed by atoms with Gasteiger partial charge in [0.15, 0.2) is 0 Å². The highest BCUT2D eigenvalue weighted by molar-refractivity contribution is 5.90. The van der Waals surface area contributed by atoms with Gasteiger partial charge in [0.05, 0.1) is 12.8 Å². The number of likely N-dealkylation sites (tertiary alicyclic amines) is 1. The summed E-state index contributed by atoms with van der Waals surface area (Å²) in [5.41, 5.74) is 8.96. The number of piperidine rings is 1. The van der Waals surface area contributed by atoms with E-state index in [4.69, 9.17) is 19.9 Å². The molecule has 2 atom stereocenters. The van der Waals surface area contributed by atoms with Crippen LogP contribution in [-0.4, -0.2) is 43.4 Å². The van der Waals surface area contributed by atoms with Crippen LogP contribution in [0.2, 0.25) is 0 Å². The number of carbonyl (C=O) groups is 2. The van der Waals surface area contributed by atoms with Gasteiger partial charge in [-0.1, -0.05) is 30.3 Å². The molecule has 1 saturated heterocycles. The Morgan fingerprint density at radius 2 is 1.94 bits per heavy atom. The maximum Gasteiger partial charge on any atom is 0.414 e. The zero-order chi connectivity index (χ0) is 25.4. The highest BCUT2D eigenvalue weighted by Gasteiger charge is 2.48. The average Bonchev–Trinajstić information content (AvgIpc) is 2.82. The van der Waals surface area contributed by atoms with E-state index in [1.807, 2.05) is 63.2 Å². The van der Waals surface area contributed by atoms with Gasteiger partial charge in [-0.05, 0) is 63.3 Å². The highest BCUT2D eigenvalue weighted by Crippen LogP contribution is 2.43. The molecule has 2 N–H and O–H groups in total. The van der Waals surface area contributed by atoms with Crippen molar-refractivity contribution in [3.8, 4) is 5.75 Å². The molecule has 0 unspecified atom stereocenters. The summed E-state index contributed by atoms with van der Waals surface area (Å²) in [5.74, 6) is 0.596. The molecule has 2 aliphatic heterocycles. The standard InChI is InChI=1S/C27H35N3O5/c1-26(2,3)35-25(32)30-13-9-12-21(27(30,28)20-10-7-6-8-11-20)14-18-15-22-19(16-23(18)33-5)17-34-24(31)29(22)4/h6-8,10-11,15-16,21H,9,12-14,17,28H2,1-5H3/t21-,27+/m0/s1. The number of anilines is 1. The van der Waals surface area contributed by atoms with Gasteiger partial charge in [0, 0.05) is 25.1 Å². The van der Waals surface area contributed by atoms with E-state index in [-0.39, 0.29) is 18.6 Å². The molecular weight excluding hydrogens is 446 g/mol.